The van der Waals surface area contributed by atoms with Gasteiger partial charge in [0.25, 0.3) is 5.91 Å². The molecule has 3 amide bonds. The van der Waals surface area contributed by atoms with E-state index in [1.54, 1.807) is 32.9 Å². The Morgan fingerprint density at radius 3 is 1.88 bits per heavy atom. The van der Waals surface area contributed by atoms with Crippen LogP contribution in [0.15, 0.2) is 103 Å². The van der Waals surface area contributed by atoms with Gasteiger partial charge in [-0.05, 0) is 73.6 Å². The summed E-state index contributed by atoms with van der Waals surface area (Å²) in [5, 5.41) is 31.0. The van der Waals surface area contributed by atoms with E-state index in [1.165, 1.54) is 4.90 Å². The van der Waals surface area contributed by atoms with Crippen molar-refractivity contribution in [2.75, 3.05) is 13.1 Å². The number of carbonyl (C=O) groups excluding carboxylic acids is 3. The Morgan fingerprint density at radius 1 is 0.765 bits per heavy atom. The molecule has 51 heavy (non-hydrogen) atoms. The molecule has 5 atom stereocenters. The molecule has 0 heterocycles. The maximum atomic E-state index is 14.5. The fourth-order valence-electron chi connectivity index (χ4n) is 6.28. The summed E-state index contributed by atoms with van der Waals surface area (Å²) < 4.78 is 5.46. The number of alkyl carbamates (subject to hydrolysis) is 1. The Labute approximate surface area is 301 Å². The van der Waals surface area contributed by atoms with Gasteiger partial charge >= 0.3 is 6.09 Å². The summed E-state index contributed by atoms with van der Waals surface area (Å²) in [7, 11) is 0. The first-order valence-electron chi connectivity index (χ1n) is 17.5. The summed E-state index contributed by atoms with van der Waals surface area (Å²) in [6.45, 7) is 8.90. The third kappa shape index (κ3) is 11.4. The molecule has 0 spiro atoms. The molecule has 0 aliphatic rings. The van der Waals surface area contributed by atoms with Crippen molar-refractivity contribution < 1.29 is 29.3 Å². The van der Waals surface area contributed by atoms with Gasteiger partial charge in [-0.3, -0.25) is 9.59 Å². The predicted molar refractivity (Wildman–Crippen MR) is 200 cm³/mol. The minimum Gasteiger partial charge on any atom is -0.444 e. The summed E-state index contributed by atoms with van der Waals surface area (Å²) in [5.41, 5.74) is 7.39. The maximum absolute atomic E-state index is 14.5. The average molecular weight is 697 g/mol. The minimum atomic E-state index is -1.19. The Balaban J connectivity index is 1.61. The van der Waals surface area contributed by atoms with Gasteiger partial charge in [0.2, 0.25) is 5.91 Å². The van der Waals surface area contributed by atoms with Gasteiger partial charge in [0.1, 0.15) is 11.6 Å². The topological polar surface area (TPSA) is 154 Å². The molecule has 10 heteroatoms. The summed E-state index contributed by atoms with van der Waals surface area (Å²) in [5.74, 6) is -1.46. The minimum absolute atomic E-state index is 0.00443. The largest absolute Gasteiger partial charge is 0.444 e. The van der Waals surface area contributed by atoms with Crippen LogP contribution in [0.3, 0.4) is 0 Å². The first-order chi connectivity index (χ1) is 24.2. The van der Waals surface area contributed by atoms with Crippen molar-refractivity contribution in [3.05, 3.63) is 120 Å². The van der Waals surface area contributed by atoms with Crippen LogP contribution in [0.5, 0.6) is 0 Å². The lowest BCUT2D eigenvalue weighted by molar-refractivity contribution is -0.125. The van der Waals surface area contributed by atoms with E-state index in [0.717, 1.165) is 21.9 Å². The van der Waals surface area contributed by atoms with Gasteiger partial charge in [-0.15, -0.1) is 0 Å². The molecule has 4 aromatic carbocycles. The number of primary amides is 1. The van der Waals surface area contributed by atoms with Crippen LogP contribution in [0.4, 0.5) is 4.79 Å². The Hall–Kier alpha value is -4.77. The molecule has 1 unspecified atom stereocenters. The van der Waals surface area contributed by atoms with Crippen LogP contribution in [-0.4, -0.2) is 82.0 Å². The summed E-state index contributed by atoms with van der Waals surface area (Å²) in [6, 6.07) is 29.4. The average Bonchev–Trinajstić information content (AvgIpc) is 3.08. The lowest BCUT2D eigenvalue weighted by Crippen LogP contribution is -2.60. The number of carbonyl (C=O) groups is 3. The van der Waals surface area contributed by atoms with Crippen LogP contribution in [0.1, 0.15) is 56.1 Å². The molecule has 4 rings (SSSR count). The zero-order valence-corrected chi connectivity index (χ0v) is 30.2. The number of aliphatic hydroxyl groups excluding tert-OH is 2. The van der Waals surface area contributed by atoms with Crippen molar-refractivity contribution >= 4 is 28.7 Å². The van der Waals surface area contributed by atoms with Gasteiger partial charge in [-0.1, -0.05) is 105 Å². The molecule has 6 N–H and O–H groups in total. The van der Waals surface area contributed by atoms with Crippen molar-refractivity contribution in [1.29, 1.82) is 0 Å². The molecular formula is C41H52N4O6. The summed E-state index contributed by atoms with van der Waals surface area (Å²) in [6.07, 6.45) is -2.33. The molecule has 0 aliphatic carbocycles. The number of benzene rings is 4. The zero-order chi connectivity index (χ0) is 37.1. The molecule has 10 nitrogen and oxygen atoms in total. The highest BCUT2D eigenvalue weighted by atomic mass is 16.6. The molecule has 0 saturated heterocycles. The number of nitrogens with two attached hydrogens (primary N) is 1. The van der Waals surface area contributed by atoms with Crippen molar-refractivity contribution in [3.8, 4) is 0 Å². The van der Waals surface area contributed by atoms with E-state index in [1.807, 2.05) is 105 Å². The van der Waals surface area contributed by atoms with E-state index in [-0.39, 0.29) is 25.4 Å². The maximum Gasteiger partial charge on any atom is 0.407 e. The first kappa shape index (κ1) is 39.0. The van der Waals surface area contributed by atoms with Crippen LogP contribution >= 0.6 is 0 Å². The molecule has 0 saturated carbocycles. The predicted octanol–water partition coefficient (Wildman–Crippen LogP) is 4.85. The van der Waals surface area contributed by atoms with Crippen molar-refractivity contribution in [1.82, 2.24) is 15.5 Å². The highest BCUT2D eigenvalue weighted by Gasteiger charge is 2.40. The lowest BCUT2D eigenvalue weighted by Gasteiger charge is -2.41. The third-order valence-electron chi connectivity index (χ3n) is 8.71. The third-order valence-corrected chi connectivity index (χ3v) is 8.71. The molecule has 4 aromatic rings. The number of rotatable bonds is 16. The van der Waals surface area contributed by atoms with E-state index in [0.29, 0.717) is 12.0 Å². The van der Waals surface area contributed by atoms with Crippen LogP contribution in [0.25, 0.3) is 10.8 Å². The molecule has 0 fully saturated rings. The van der Waals surface area contributed by atoms with Crippen LogP contribution in [-0.2, 0) is 22.4 Å². The highest BCUT2D eigenvalue weighted by Crippen LogP contribution is 2.25. The Kier molecular flexibility index (Phi) is 13.7. The molecular weight excluding hydrogens is 644 g/mol. The number of amides is 3. The molecule has 0 radical (unpaired) electrons. The van der Waals surface area contributed by atoms with Gasteiger partial charge in [0.15, 0.2) is 0 Å². The number of nitrogens with one attached hydrogen (secondary N) is 2. The van der Waals surface area contributed by atoms with Gasteiger partial charge in [0.05, 0.1) is 24.3 Å². The van der Waals surface area contributed by atoms with Crippen LogP contribution in [0, 0.1) is 5.92 Å². The van der Waals surface area contributed by atoms with Gasteiger partial charge in [-0.2, -0.15) is 0 Å². The monoisotopic (exact) mass is 696 g/mol. The molecule has 0 bridgehead atoms. The highest BCUT2D eigenvalue weighted by molar-refractivity contribution is 6.01. The first-order valence-corrected chi connectivity index (χ1v) is 17.5. The lowest BCUT2D eigenvalue weighted by atomic mass is 9.92. The van der Waals surface area contributed by atoms with E-state index >= 15 is 0 Å². The number of ether oxygens (including phenoxy) is 1. The van der Waals surface area contributed by atoms with Crippen LogP contribution in [0.2, 0.25) is 0 Å². The van der Waals surface area contributed by atoms with Gasteiger partial charge in [-0.25, -0.2) is 4.79 Å². The van der Waals surface area contributed by atoms with Crippen molar-refractivity contribution in [2.45, 2.75) is 83.4 Å². The number of fused-ring (bicyclic) bond motifs is 1. The van der Waals surface area contributed by atoms with Crippen molar-refractivity contribution in [2.24, 2.45) is 11.7 Å². The van der Waals surface area contributed by atoms with E-state index in [2.05, 4.69) is 10.6 Å². The van der Waals surface area contributed by atoms with Crippen molar-refractivity contribution in [3.63, 3.8) is 0 Å². The normalized spacial score (nSPS) is 14.7. The molecule has 272 valence electrons. The van der Waals surface area contributed by atoms with E-state index < -0.39 is 53.8 Å². The summed E-state index contributed by atoms with van der Waals surface area (Å²) in [4.78, 5) is 41.8. The Bertz CT molecular complexity index is 1730. The molecule has 0 aliphatic heterocycles. The second kappa shape index (κ2) is 17.9. The van der Waals surface area contributed by atoms with Crippen LogP contribution < -0.4 is 16.4 Å². The quantitative estimate of drug-likeness (QED) is 0.112. The second-order valence-corrected chi connectivity index (χ2v) is 14.4. The number of hydrogen-bond donors (Lipinski definition) is 5. The van der Waals surface area contributed by atoms with E-state index in [9.17, 15) is 24.6 Å². The molecule has 0 aromatic heterocycles. The number of aliphatic hydroxyl groups is 2. The fraction of sp³-hybridized carbons (Fsp3) is 0.390. The van der Waals surface area contributed by atoms with Gasteiger partial charge in [0, 0.05) is 18.7 Å². The fourth-order valence-corrected chi connectivity index (χ4v) is 6.28. The Morgan fingerprint density at radius 2 is 1.31 bits per heavy atom. The smallest absolute Gasteiger partial charge is 0.407 e. The zero-order valence-electron chi connectivity index (χ0n) is 30.2. The standard InChI is InChI=1S/C41H52N4O6/c1-27(2)37(38(42)48)45(39(49)32-21-20-30-18-12-13-19-31(30)24-32)34(23-29-16-10-7-11-17-29)36(47)26-43-25-35(46)33(22-28-14-8-6-9-15-28)44-40(50)51-41(3,4)5/h6-21,24,27,33-37,43,46-47H,22-23,25-26H2,1-5H3,(H2,42,48)(H,44,50)/t33-,34-,35?,36+,37+/m1/s1. The van der Waals surface area contributed by atoms with Gasteiger partial charge < -0.3 is 36.2 Å². The van der Waals surface area contributed by atoms with E-state index in [4.69, 9.17) is 10.5 Å². The summed E-state index contributed by atoms with van der Waals surface area (Å²) >= 11 is 0. The number of nitrogens with zero attached hydrogens (tertiary/aromatic N) is 1. The number of hydrogen-bond acceptors (Lipinski definition) is 7. The second-order valence-electron chi connectivity index (χ2n) is 14.4. The SMILES string of the molecule is CC(C)[C@@H](C(N)=O)N(C(=O)c1ccc2ccccc2c1)[C@H](Cc1ccccc1)[C@@H](O)CNCC(O)[C@@H](Cc1ccccc1)NC(=O)OC(C)(C)C.